The highest BCUT2D eigenvalue weighted by Crippen LogP contribution is 2.18. The Bertz CT molecular complexity index is 651. The van der Waals surface area contributed by atoms with Gasteiger partial charge in [0.05, 0.1) is 11.3 Å². The van der Waals surface area contributed by atoms with Gasteiger partial charge in [0.25, 0.3) is 5.91 Å². The Hall–Kier alpha value is -2.90. The number of primary amides is 2. The summed E-state index contributed by atoms with van der Waals surface area (Å²) in [5, 5.41) is 2.40. The van der Waals surface area contributed by atoms with Gasteiger partial charge in [0, 0.05) is 19.0 Å². The smallest absolute Gasteiger partial charge is 0.313 e. The highest BCUT2D eigenvalue weighted by Gasteiger charge is 2.29. The summed E-state index contributed by atoms with van der Waals surface area (Å²) in [4.78, 5) is 48.0. The lowest BCUT2D eigenvalue weighted by Crippen LogP contribution is -2.46. The molecule has 1 fully saturated rings. The van der Waals surface area contributed by atoms with Crippen molar-refractivity contribution in [1.29, 1.82) is 0 Å². The average molecular weight is 318 g/mol. The molecular weight excluding hydrogens is 300 g/mol. The zero-order valence-corrected chi connectivity index (χ0v) is 12.5. The van der Waals surface area contributed by atoms with E-state index < -0.39 is 23.6 Å². The summed E-state index contributed by atoms with van der Waals surface area (Å²) in [6.07, 6.45) is 0.873. The van der Waals surface area contributed by atoms with Gasteiger partial charge in [0.2, 0.25) is 5.91 Å². The predicted molar refractivity (Wildman–Crippen MR) is 82.1 cm³/mol. The molecule has 5 N–H and O–H groups in total. The lowest BCUT2D eigenvalue weighted by molar-refractivity contribution is -0.144. The molecule has 1 aliphatic rings. The number of anilines is 1. The third kappa shape index (κ3) is 3.85. The molecule has 1 aromatic rings. The van der Waals surface area contributed by atoms with Gasteiger partial charge < -0.3 is 21.7 Å². The number of carbonyl (C=O) groups is 4. The van der Waals surface area contributed by atoms with Crippen LogP contribution in [-0.2, 0) is 14.4 Å². The summed E-state index contributed by atoms with van der Waals surface area (Å²) in [6.45, 7) is 0.578. The van der Waals surface area contributed by atoms with E-state index in [0.717, 1.165) is 0 Å². The van der Waals surface area contributed by atoms with E-state index in [2.05, 4.69) is 5.32 Å². The Kier molecular flexibility index (Phi) is 4.95. The van der Waals surface area contributed by atoms with E-state index in [-0.39, 0.29) is 30.3 Å². The summed E-state index contributed by atoms with van der Waals surface area (Å²) in [7, 11) is 0. The molecule has 0 aliphatic carbocycles. The molecule has 0 atom stereocenters. The van der Waals surface area contributed by atoms with E-state index in [9.17, 15) is 19.2 Å². The number of para-hydroxylation sites is 1. The van der Waals surface area contributed by atoms with E-state index in [0.29, 0.717) is 12.8 Å². The minimum Gasteiger partial charge on any atom is -0.369 e. The molecule has 8 nitrogen and oxygen atoms in total. The van der Waals surface area contributed by atoms with Crippen LogP contribution in [0, 0.1) is 5.92 Å². The normalized spacial score (nSPS) is 15.0. The third-order valence-corrected chi connectivity index (χ3v) is 3.82. The van der Waals surface area contributed by atoms with Crippen molar-refractivity contribution in [2.75, 3.05) is 18.4 Å². The molecule has 0 saturated carbocycles. The Morgan fingerprint density at radius 2 is 1.65 bits per heavy atom. The number of carbonyl (C=O) groups excluding carboxylic acids is 4. The van der Waals surface area contributed by atoms with Gasteiger partial charge in [-0.3, -0.25) is 19.2 Å². The zero-order chi connectivity index (χ0) is 17.0. The minimum absolute atomic E-state index is 0.126. The number of amides is 4. The molecule has 0 aromatic heterocycles. The number of piperidine rings is 1. The standard InChI is InChI=1S/C15H18N4O4/c16-12(20)9-5-7-19(8-6-9)15(23)14(22)18-11-4-2-1-3-10(11)13(17)21/h1-4,9H,5-8H2,(H2,16,20)(H2,17,21)(H,18,22). The van der Waals surface area contributed by atoms with Crippen molar-refractivity contribution in [3.05, 3.63) is 29.8 Å². The first-order valence-electron chi connectivity index (χ1n) is 7.18. The summed E-state index contributed by atoms with van der Waals surface area (Å²) < 4.78 is 0. The van der Waals surface area contributed by atoms with Crippen molar-refractivity contribution in [2.24, 2.45) is 17.4 Å². The Morgan fingerprint density at radius 3 is 2.22 bits per heavy atom. The zero-order valence-electron chi connectivity index (χ0n) is 12.5. The Balaban J connectivity index is 2.00. The average Bonchev–Trinajstić information content (AvgIpc) is 2.54. The first kappa shape index (κ1) is 16.5. The van der Waals surface area contributed by atoms with Crippen LogP contribution in [0.25, 0.3) is 0 Å². The van der Waals surface area contributed by atoms with Crippen LogP contribution in [0.1, 0.15) is 23.2 Å². The van der Waals surface area contributed by atoms with Crippen LogP contribution in [0.2, 0.25) is 0 Å². The quantitative estimate of drug-likeness (QED) is 0.644. The van der Waals surface area contributed by atoms with Crippen molar-refractivity contribution in [3.63, 3.8) is 0 Å². The van der Waals surface area contributed by atoms with Crippen LogP contribution in [0.3, 0.4) is 0 Å². The second-order valence-electron chi connectivity index (χ2n) is 5.33. The largest absolute Gasteiger partial charge is 0.369 e. The van der Waals surface area contributed by atoms with Gasteiger partial charge in [-0.25, -0.2) is 0 Å². The molecule has 2 rings (SSSR count). The van der Waals surface area contributed by atoms with E-state index >= 15 is 0 Å². The van der Waals surface area contributed by atoms with Crippen LogP contribution < -0.4 is 16.8 Å². The number of likely N-dealkylation sites (tertiary alicyclic amines) is 1. The van der Waals surface area contributed by atoms with Gasteiger partial charge in [0.15, 0.2) is 0 Å². The number of hydrogen-bond acceptors (Lipinski definition) is 4. The van der Waals surface area contributed by atoms with Gasteiger partial charge >= 0.3 is 11.8 Å². The molecule has 23 heavy (non-hydrogen) atoms. The molecule has 8 heteroatoms. The van der Waals surface area contributed by atoms with Crippen molar-refractivity contribution in [3.8, 4) is 0 Å². The second kappa shape index (κ2) is 6.91. The van der Waals surface area contributed by atoms with Crippen molar-refractivity contribution >= 4 is 29.3 Å². The fraction of sp³-hybridized carbons (Fsp3) is 0.333. The highest BCUT2D eigenvalue weighted by molar-refractivity contribution is 6.39. The van der Waals surface area contributed by atoms with Crippen molar-refractivity contribution in [2.45, 2.75) is 12.8 Å². The van der Waals surface area contributed by atoms with Crippen LogP contribution in [0.5, 0.6) is 0 Å². The van der Waals surface area contributed by atoms with Gasteiger partial charge in [-0.15, -0.1) is 0 Å². The maximum Gasteiger partial charge on any atom is 0.313 e. The van der Waals surface area contributed by atoms with Crippen LogP contribution in [0.4, 0.5) is 5.69 Å². The first-order chi connectivity index (χ1) is 10.9. The fourth-order valence-electron chi connectivity index (χ4n) is 2.49. The van der Waals surface area contributed by atoms with Gasteiger partial charge in [-0.05, 0) is 25.0 Å². The monoisotopic (exact) mass is 318 g/mol. The molecule has 0 unspecified atom stereocenters. The summed E-state index contributed by atoms with van der Waals surface area (Å²) in [5.41, 5.74) is 10.8. The topological polar surface area (TPSA) is 136 Å². The molecule has 0 spiro atoms. The lowest BCUT2D eigenvalue weighted by Gasteiger charge is -2.30. The molecule has 0 radical (unpaired) electrons. The SMILES string of the molecule is NC(=O)c1ccccc1NC(=O)C(=O)N1CCC(C(N)=O)CC1. The summed E-state index contributed by atoms with van der Waals surface area (Å²) >= 11 is 0. The van der Waals surface area contributed by atoms with Crippen LogP contribution in [-0.4, -0.2) is 41.6 Å². The molecule has 122 valence electrons. The molecule has 1 saturated heterocycles. The van der Waals surface area contributed by atoms with E-state index in [1.807, 2.05) is 0 Å². The number of nitrogens with one attached hydrogen (secondary N) is 1. The highest BCUT2D eigenvalue weighted by atomic mass is 16.2. The van der Waals surface area contributed by atoms with Gasteiger partial charge in [0.1, 0.15) is 0 Å². The van der Waals surface area contributed by atoms with Gasteiger partial charge in [-0.2, -0.15) is 0 Å². The number of benzene rings is 1. The maximum atomic E-state index is 12.1. The fourth-order valence-corrected chi connectivity index (χ4v) is 2.49. The van der Waals surface area contributed by atoms with E-state index in [1.54, 1.807) is 12.1 Å². The first-order valence-corrected chi connectivity index (χ1v) is 7.18. The van der Waals surface area contributed by atoms with E-state index in [4.69, 9.17) is 11.5 Å². The number of hydrogen-bond donors (Lipinski definition) is 3. The molecule has 1 heterocycles. The number of nitrogens with two attached hydrogens (primary N) is 2. The molecule has 1 aliphatic heterocycles. The molecule has 0 bridgehead atoms. The predicted octanol–water partition coefficient (Wildman–Crippen LogP) is -0.552. The minimum atomic E-state index is -0.851. The van der Waals surface area contributed by atoms with Crippen LogP contribution in [0.15, 0.2) is 24.3 Å². The summed E-state index contributed by atoms with van der Waals surface area (Å²) in [5.74, 6) is -2.92. The van der Waals surface area contributed by atoms with Gasteiger partial charge in [-0.1, -0.05) is 12.1 Å². The van der Waals surface area contributed by atoms with Crippen molar-refractivity contribution in [1.82, 2.24) is 4.90 Å². The third-order valence-electron chi connectivity index (χ3n) is 3.82. The maximum absolute atomic E-state index is 12.1. The Morgan fingerprint density at radius 1 is 1.04 bits per heavy atom. The van der Waals surface area contributed by atoms with Crippen molar-refractivity contribution < 1.29 is 19.2 Å². The molecule has 4 amide bonds. The molecular formula is C15H18N4O4. The summed E-state index contributed by atoms with van der Waals surface area (Å²) in [6, 6.07) is 6.17. The Labute approximate surface area is 132 Å². The van der Waals surface area contributed by atoms with E-state index in [1.165, 1.54) is 17.0 Å². The van der Waals surface area contributed by atoms with Crippen LogP contribution >= 0.6 is 0 Å². The number of rotatable bonds is 3. The molecule has 1 aromatic carbocycles. The second-order valence-corrected chi connectivity index (χ2v) is 5.33. The lowest BCUT2D eigenvalue weighted by atomic mass is 9.96. The number of nitrogens with zero attached hydrogens (tertiary/aromatic N) is 1.